The first-order valence-corrected chi connectivity index (χ1v) is 6.52. The van der Waals surface area contributed by atoms with Crippen LogP contribution in [0.2, 0.25) is 0 Å². The number of thiophene rings is 1. The van der Waals surface area contributed by atoms with E-state index in [0.717, 1.165) is 9.75 Å². The number of carbonyl (C=O) groups excluding carboxylic acids is 2. The van der Waals surface area contributed by atoms with E-state index in [1.807, 2.05) is 19.1 Å². The molecule has 4 nitrogen and oxygen atoms in total. The highest BCUT2D eigenvalue weighted by molar-refractivity contribution is 7.12. The third-order valence-electron chi connectivity index (χ3n) is 2.04. The normalized spacial score (nSPS) is 9.72. The van der Waals surface area contributed by atoms with Crippen molar-refractivity contribution in [2.24, 2.45) is 0 Å². The molecule has 1 aromatic rings. The van der Waals surface area contributed by atoms with Gasteiger partial charge in [0.1, 0.15) is 5.57 Å². The first kappa shape index (κ1) is 14.4. The Morgan fingerprint density at radius 3 is 2.11 bits per heavy atom. The average molecular weight is 268 g/mol. The van der Waals surface area contributed by atoms with Crippen LogP contribution < -0.4 is 0 Å². The molecule has 0 aliphatic carbocycles. The van der Waals surface area contributed by atoms with E-state index in [9.17, 15) is 9.59 Å². The second-order valence-corrected chi connectivity index (χ2v) is 4.77. The molecule has 0 unspecified atom stereocenters. The number of aryl methyl sites for hydroxylation is 1. The summed E-state index contributed by atoms with van der Waals surface area (Å²) in [6.45, 7) is 5.78. The van der Waals surface area contributed by atoms with Crippen molar-refractivity contribution in [3.05, 3.63) is 27.5 Å². The minimum absolute atomic E-state index is 0.0689. The molecule has 1 aromatic heterocycles. The average Bonchev–Trinajstić information content (AvgIpc) is 2.72. The number of ether oxygens (including phenoxy) is 2. The molecule has 18 heavy (non-hydrogen) atoms. The Kier molecular flexibility index (Phi) is 5.58. The monoisotopic (exact) mass is 268 g/mol. The van der Waals surface area contributed by atoms with Gasteiger partial charge in [-0.25, -0.2) is 9.59 Å². The number of hydrogen-bond acceptors (Lipinski definition) is 5. The minimum Gasteiger partial charge on any atom is -0.462 e. The predicted octanol–water partition coefficient (Wildman–Crippen LogP) is 2.57. The van der Waals surface area contributed by atoms with E-state index in [4.69, 9.17) is 9.47 Å². The number of rotatable bonds is 5. The van der Waals surface area contributed by atoms with Crippen molar-refractivity contribution in [1.82, 2.24) is 0 Å². The van der Waals surface area contributed by atoms with Gasteiger partial charge in [0.2, 0.25) is 0 Å². The second kappa shape index (κ2) is 6.96. The van der Waals surface area contributed by atoms with Crippen LogP contribution in [-0.4, -0.2) is 25.2 Å². The quantitative estimate of drug-likeness (QED) is 0.356. The van der Waals surface area contributed by atoms with Crippen LogP contribution in [0.25, 0.3) is 6.08 Å². The first-order valence-electron chi connectivity index (χ1n) is 5.70. The van der Waals surface area contributed by atoms with Crippen molar-refractivity contribution in [2.45, 2.75) is 20.8 Å². The fourth-order valence-electron chi connectivity index (χ4n) is 1.29. The van der Waals surface area contributed by atoms with E-state index >= 15 is 0 Å². The van der Waals surface area contributed by atoms with Crippen molar-refractivity contribution in [3.63, 3.8) is 0 Å². The summed E-state index contributed by atoms with van der Waals surface area (Å²) in [5, 5.41) is 0. The van der Waals surface area contributed by atoms with Crippen LogP contribution in [0.5, 0.6) is 0 Å². The number of carbonyl (C=O) groups is 2. The van der Waals surface area contributed by atoms with Gasteiger partial charge in [0, 0.05) is 9.75 Å². The lowest BCUT2D eigenvalue weighted by Crippen LogP contribution is -2.18. The molecule has 0 radical (unpaired) electrons. The Balaban J connectivity index is 2.99. The van der Waals surface area contributed by atoms with Crippen LogP contribution in [0.3, 0.4) is 0 Å². The third kappa shape index (κ3) is 4.00. The summed E-state index contributed by atoms with van der Waals surface area (Å²) >= 11 is 1.50. The Hall–Kier alpha value is -1.62. The van der Waals surface area contributed by atoms with Crippen molar-refractivity contribution < 1.29 is 19.1 Å². The van der Waals surface area contributed by atoms with Gasteiger partial charge in [0.25, 0.3) is 0 Å². The summed E-state index contributed by atoms with van der Waals surface area (Å²) in [5.41, 5.74) is -0.0689. The van der Waals surface area contributed by atoms with Gasteiger partial charge < -0.3 is 9.47 Å². The largest absolute Gasteiger partial charge is 0.462 e. The molecule has 0 atom stereocenters. The summed E-state index contributed by atoms with van der Waals surface area (Å²) in [6, 6.07) is 3.77. The Bertz CT molecular complexity index is 439. The zero-order chi connectivity index (χ0) is 13.5. The highest BCUT2D eigenvalue weighted by Gasteiger charge is 2.21. The van der Waals surface area contributed by atoms with Crippen LogP contribution in [-0.2, 0) is 19.1 Å². The fourth-order valence-corrected chi connectivity index (χ4v) is 2.11. The standard InChI is InChI=1S/C13H16O4S/c1-4-16-12(14)11(13(15)17-5-2)8-10-7-6-9(3)18-10/h6-8H,4-5H2,1-3H3. The zero-order valence-corrected chi connectivity index (χ0v) is 11.5. The molecule has 0 saturated carbocycles. The molecule has 0 fully saturated rings. The molecule has 0 aromatic carbocycles. The van der Waals surface area contributed by atoms with Crippen molar-refractivity contribution in [2.75, 3.05) is 13.2 Å². The van der Waals surface area contributed by atoms with Gasteiger partial charge in [-0.05, 0) is 39.0 Å². The molecule has 0 aliphatic rings. The molecule has 0 bridgehead atoms. The van der Waals surface area contributed by atoms with Gasteiger partial charge in [-0.1, -0.05) is 0 Å². The highest BCUT2D eigenvalue weighted by Crippen LogP contribution is 2.19. The van der Waals surface area contributed by atoms with Gasteiger partial charge in [0.05, 0.1) is 13.2 Å². The third-order valence-corrected chi connectivity index (χ3v) is 2.99. The summed E-state index contributed by atoms with van der Waals surface area (Å²) in [6.07, 6.45) is 1.51. The van der Waals surface area contributed by atoms with Crippen LogP contribution >= 0.6 is 11.3 Å². The molecule has 0 spiro atoms. The zero-order valence-electron chi connectivity index (χ0n) is 10.7. The molecule has 0 amide bonds. The Morgan fingerprint density at radius 1 is 1.17 bits per heavy atom. The van der Waals surface area contributed by atoms with Gasteiger partial charge in [-0.2, -0.15) is 0 Å². The first-order chi connectivity index (χ1) is 8.58. The number of hydrogen-bond donors (Lipinski definition) is 0. The van der Waals surface area contributed by atoms with Crippen LogP contribution in [0.15, 0.2) is 17.7 Å². The molecule has 1 rings (SSSR count). The summed E-state index contributed by atoms with van der Waals surface area (Å²) in [4.78, 5) is 25.3. The fraction of sp³-hybridized carbons (Fsp3) is 0.385. The van der Waals surface area contributed by atoms with E-state index in [1.54, 1.807) is 13.8 Å². The highest BCUT2D eigenvalue weighted by atomic mass is 32.1. The lowest BCUT2D eigenvalue weighted by Gasteiger charge is -2.05. The van der Waals surface area contributed by atoms with Gasteiger partial charge in [0.15, 0.2) is 0 Å². The molecule has 5 heteroatoms. The van der Waals surface area contributed by atoms with E-state index < -0.39 is 11.9 Å². The van der Waals surface area contributed by atoms with E-state index in [1.165, 1.54) is 17.4 Å². The van der Waals surface area contributed by atoms with Gasteiger partial charge in [-0.3, -0.25) is 0 Å². The second-order valence-electron chi connectivity index (χ2n) is 3.45. The molecule has 1 heterocycles. The lowest BCUT2D eigenvalue weighted by molar-refractivity contribution is -0.146. The maximum Gasteiger partial charge on any atom is 0.345 e. The molecule has 0 N–H and O–H groups in total. The summed E-state index contributed by atoms with van der Waals surface area (Å²) < 4.78 is 9.69. The van der Waals surface area contributed by atoms with Crippen LogP contribution in [0.1, 0.15) is 23.6 Å². The lowest BCUT2D eigenvalue weighted by atomic mass is 10.2. The van der Waals surface area contributed by atoms with E-state index in [2.05, 4.69) is 0 Å². The van der Waals surface area contributed by atoms with Gasteiger partial charge in [-0.15, -0.1) is 11.3 Å². The van der Waals surface area contributed by atoms with Crippen molar-refractivity contribution >= 4 is 29.4 Å². The molecule has 0 aliphatic heterocycles. The smallest absolute Gasteiger partial charge is 0.345 e. The Labute approximate surface area is 110 Å². The molecule has 98 valence electrons. The summed E-state index contributed by atoms with van der Waals surface area (Å²) in [5.74, 6) is -1.30. The number of esters is 2. The predicted molar refractivity (Wildman–Crippen MR) is 70.3 cm³/mol. The molecule has 0 saturated heterocycles. The maximum atomic E-state index is 11.7. The van der Waals surface area contributed by atoms with Crippen molar-refractivity contribution in [3.8, 4) is 0 Å². The summed E-state index contributed by atoms with van der Waals surface area (Å²) in [7, 11) is 0. The topological polar surface area (TPSA) is 52.6 Å². The van der Waals surface area contributed by atoms with E-state index in [0.29, 0.717) is 0 Å². The molecular weight excluding hydrogens is 252 g/mol. The van der Waals surface area contributed by atoms with Crippen LogP contribution in [0, 0.1) is 6.92 Å². The molecular formula is C13H16O4S. The van der Waals surface area contributed by atoms with E-state index in [-0.39, 0.29) is 18.8 Å². The van der Waals surface area contributed by atoms with Crippen molar-refractivity contribution in [1.29, 1.82) is 0 Å². The SMILES string of the molecule is CCOC(=O)C(=Cc1ccc(C)s1)C(=O)OCC. The Morgan fingerprint density at radius 2 is 1.72 bits per heavy atom. The minimum atomic E-state index is -0.651. The maximum absolute atomic E-state index is 11.7. The van der Waals surface area contributed by atoms with Crippen LogP contribution in [0.4, 0.5) is 0 Å². The van der Waals surface area contributed by atoms with Gasteiger partial charge >= 0.3 is 11.9 Å².